The summed E-state index contributed by atoms with van der Waals surface area (Å²) in [5.41, 5.74) is 3.10. The summed E-state index contributed by atoms with van der Waals surface area (Å²) >= 11 is 1.95. The Balaban J connectivity index is 0.958. The number of thiazole rings is 1. The fraction of sp³-hybridized carbons (Fsp3) is 0.581. The highest BCUT2D eigenvalue weighted by Crippen LogP contribution is 2.36. The van der Waals surface area contributed by atoms with Crippen LogP contribution in [0.15, 0.2) is 36.5 Å². The Morgan fingerprint density at radius 2 is 1.81 bits per heavy atom. The van der Waals surface area contributed by atoms with Crippen LogP contribution in [0.5, 0.6) is 0 Å². The number of carbonyl (C=O) groups is 1. The molecule has 0 atom stereocenters. The summed E-state index contributed by atoms with van der Waals surface area (Å²) in [6.07, 6.45) is 12.4. The fourth-order valence-electron chi connectivity index (χ4n) is 6.57. The van der Waals surface area contributed by atoms with Crippen molar-refractivity contribution in [1.82, 2.24) is 14.9 Å². The average molecular weight is 517 g/mol. The molecule has 0 unspecified atom stereocenters. The summed E-state index contributed by atoms with van der Waals surface area (Å²) in [4.78, 5) is 29.3. The van der Waals surface area contributed by atoms with E-state index in [1.54, 1.807) is 6.20 Å². The quantitative estimate of drug-likeness (QED) is 0.325. The molecule has 6 rings (SSSR count). The molecule has 0 N–H and O–H groups in total. The van der Waals surface area contributed by atoms with E-state index in [-0.39, 0.29) is 5.78 Å². The number of Topliss-reactive ketones (excluding diaryl/α,β-unsaturated/α-hetero) is 1. The van der Waals surface area contributed by atoms with Gasteiger partial charge in [-0.15, -0.1) is 11.3 Å². The third-order valence-corrected chi connectivity index (χ3v) is 10.3. The van der Waals surface area contributed by atoms with Crippen molar-refractivity contribution in [3.05, 3.63) is 52.7 Å². The molecule has 0 amide bonds. The van der Waals surface area contributed by atoms with E-state index in [4.69, 9.17) is 4.98 Å². The van der Waals surface area contributed by atoms with Crippen LogP contribution in [0.25, 0.3) is 10.9 Å². The SMILES string of the molecule is CC1CCN(c2nc3c(s2)CCN(CCC2CCC(CC(=O)c4cccc5ncccc45)CC2)C3)CC1. The minimum atomic E-state index is 0.285. The number of nitrogens with zero attached hydrogens (tertiary/aromatic N) is 4. The molecule has 3 aromatic rings. The molecule has 0 spiro atoms. The minimum absolute atomic E-state index is 0.285. The smallest absolute Gasteiger partial charge is 0.185 e. The molecule has 0 bridgehead atoms. The van der Waals surface area contributed by atoms with E-state index in [2.05, 4.69) is 21.7 Å². The fourth-order valence-corrected chi connectivity index (χ4v) is 7.68. The molecule has 0 radical (unpaired) electrons. The van der Waals surface area contributed by atoms with Gasteiger partial charge >= 0.3 is 0 Å². The standard InChI is InChI=1S/C31H40N4OS/c1-22-11-18-35(19-12-22)31-33-28-21-34(17-14-30(28)37-31)16-13-23-7-9-24(10-8-23)20-29(36)26-4-2-6-27-25(26)5-3-15-32-27/h2-6,15,22-24H,7-14,16-21H2,1H3. The monoisotopic (exact) mass is 516 g/mol. The Bertz CT molecular complexity index is 1220. The van der Waals surface area contributed by atoms with Crippen LogP contribution < -0.4 is 4.90 Å². The molecule has 2 fully saturated rings. The van der Waals surface area contributed by atoms with E-state index >= 15 is 0 Å². The first-order valence-electron chi connectivity index (χ1n) is 14.4. The van der Waals surface area contributed by atoms with Crippen molar-refractivity contribution >= 4 is 33.2 Å². The van der Waals surface area contributed by atoms with Crippen LogP contribution in [0, 0.1) is 17.8 Å². The lowest BCUT2D eigenvalue weighted by Crippen LogP contribution is -2.33. The Hall–Kier alpha value is -2.31. The third-order valence-electron chi connectivity index (χ3n) is 9.09. The molecule has 196 valence electrons. The number of anilines is 1. The number of benzene rings is 1. The first kappa shape index (κ1) is 25.0. The number of ketones is 1. The predicted molar refractivity (Wildman–Crippen MR) is 152 cm³/mol. The highest BCUT2D eigenvalue weighted by atomic mass is 32.1. The van der Waals surface area contributed by atoms with Crippen molar-refractivity contribution < 1.29 is 4.79 Å². The second-order valence-corrected chi connectivity index (χ2v) is 12.8. The molecular formula is C31H40N4OS. The van der Waals surface area contributed by atoms with Crippen molar-refractivity contribution in [2.24, 2.45) is 17.8 Å². The molecule has 1 saturated carbocycles. The maximum Gasteiger partial charge on any atom is 0.185 e. The second kappa shape index (κ2) is 11.2. The maximum atomic E-state index is 13.1. The molecule has 1 aliphatic carbocycles. The molecule has 5 nitrogen and oxygen atoms in total. The number of pyridine rings is 1. The van der Waals surface area contributed by atoms with E-state index < -0.39 is 0 Å². The maximum absolute atomic E-state index is 13.1. The van der Waals surface area contributed by atoms with Crippen LogP contribution in [0.2, 0.25) is 0 Å². The number of rotatable bonds is 7. The molecule has 6 heteroatoms. The molecule has 2 aromatic heterocycles. The third kappa shape index (κ3) is 5.75. The molecular weight excluding hydrogens is 476 g/mol. The normalized spacial score (nSPS) is 23.3. The number of hydrogen-bond donors (Lipinski definition) is 0. The largest absolute Gasteiger partial charge is 0.348 e. The minimum Gasteiger partial charge on any atom is -0.348 e. The number of hydrogen-bond acceptors (Lipinski definition) is 6. The Morgan fingerprint density at radius 1 is 1.00 bits per heavy atom. The number of carbonyl (C=O) groups excluding carboxylic acids is 1. The summed E-state index contributed by atoms with van der Waals surface area (Å²) in [5.74, 6) is 2.47. The van der Waals surface area contributed by atoms with E-state index in [9.17, 15) is 4.79 Å². The summed E-state index contributed by atoms with van der Waals surface area (Å²) in [6, 6.07) is 9.87. The van der Waals surface area contributed by atoms with Crippen LogP contribution >= 0.6 is 11.3 Å². The molecule has 4 heterocycles. The second-order valence-electron chi connectivity index (χ2n) is 11.7. The first-order chi connectivity index (χ1) is 18.1. The van der Waals surface area contributed by atoms with Crippen LogP contribution in [0.1, 0.15) is 79.2 Å². The molecule has 1 aromatic carbocycles. The van der Waals surface area contributed by atoms with Gasteiger partial charge in [0.1, 0.15) is 0 Å². The Labute approximate surface area is 225 Å². The van der Waals surface area contributed by atoms with Gasteiger partial charge < -0.3 is 4.90 Å². The molecule has 3 aliphatic rings. The van der Waals surface area contributed by atoms with Crippen molar-refractivity contribution in [1.29, 1.82) is 0 Å². The van der Waals surface area contributed by atoms with E-state index in [0.29, 0.717) is 12.3 Å². The topological polar surface area (TPSA) is 49.3 Å². The van der Waals surface area contributed by atoms with E-state index in [1.165, 1.54) is 86.8 Å². The highest BCUT2D eigenvalue weighted by molar-refractivity contribution is 7.15. The molecule has 37 heavy (non-hydrogen) atoms. The van der Waals surface area contributed by atoms with Gasteiger partial charge in [-0.2, -0.15) is 0 Å². The van der Waals surface area contributed by atoms with E-state index in [1.807, 2.05) is 41.7 Å². The van der Waals surface area contributed by atoms with Gasteiger partial charge in [-0.3, -0.25) is 14.7 Å². The van der Waals surface area contributed by atoms with Crippen molar-refractivity contribution in [3.8, 4) is 0 Å². The lowest BCUT2D eigenvalue weighted by Gasteiger charge is -2.31. The number of aromatic nitrogens is 2. The number of fused-ring (bicyclic) bond motifs is 2. The summed E-state index contributed by atoms with van der Waals surface area (Å²) < 4.78 is 0. The van der Waals surface area contributed by atoms with Gasteiger partial charge in [-0.05, 0) is 75.0 Å². The molecule has 1 saturated heterocycles. The highest BCUT2D eigenvalue weighted by Gasteiger charge is 2.27. The van der Waals surface area contributed by atoms with Crippen LogP contribution in [-0.2, 0) is 13.0 Å². The van der Waals surface area contributed by atoms with Gasteiger partial charge in [0.15, 0.2) is 10.9 Å². The van der Waals surface area contributed by atoms with Crippen LogP contribution in [0.3, 0.4) is 0 Å². The zero-order chi connectivity index (χ0) is 25.2. The summed E-state index contributed by atoms with van der Waals surface area (Å²) in [7, 11) is 0. The van der Waals surface area contributed by atoms with E-state index in [0.717, 1.165) is 41.3 Å². The average Bonchev–Trinajstić information content (AvgIpc) is 3.36. The van der Waals surface area contributed by atoms with Gasteiger partial charge in [0.25, 0.3) is 0 Å². The van der Waals surface area contributed by atoms with Gasteiger partial charge in [-0.25, -0.2) is 4.98 Å². The van der Waals surface area contributed by atoms with Crippen LogP contribution in [-0.4, -0.2) is 46.8 Å². The lowest BCUT2D eigenvalue weighted by atomic mass is 9.78. The van der Waals surface area contributed by atoms with Crippen molar-refractivity contribution in [2.75, 3.05) is 31.1 Å². The first-order valence-corrected chi connectivity index (χ1v) is 15.3. The van der Waals surface area contributed by atoms with Gasteiger partial charge in [0, 0.05) is 54.6 Å². The Morgan fingerprint density at radius 3 is 2.65 bits per heavy atom. The lowest BCUT2D eigenvalue weighted by molar-refractivity contribution is 0.0941. The zero-order valence-corrected chi connectivity index (χ0v) is 23.0. The predicted octanol–water partition coefficient (Wildman–Crippen LogP) is 6.76. The van der Waals surface area contributed by atoms with Gasteiger partial charge in [0.05, 0.1) is 11.2 Å². The summed E-state index contributed by atoms with van der Waals surface area (Å²) in [5, 5.41) is 2.26. The van der Waals surface area contributed by atoms with Gasteiger partial charge in [0.2, 0.25) is 0 Å². The van der Waals surface area contributed by atoms with Crippen molar-refractivity contribution in [2.45, 2.75) is 71.3 Å². The Kier molecular flexibility index (Phi) is 7.57. The molecule has 2 aliphatic heterocycles. The van der Waals surface area contributed by atoms with Crippen LogP contribution in [0.4, 0.5) is 5.13 Å². The van der Waals surface area contributed by atoms with Crippen molar-refractivity contribution in [3.63, 3.8) is 0 Å². The van der Waals surface area contributed by atoms with Gasteiger partial charge in [-0.1, -0.05) is 38.0 Å². The number of piperidine rings is 1. The zero-order valence-electron chi connectivity index (χ0n) is 22.2. The summed E-state index contributed by atoms with van der Waals surface area (Å²) in [6.45, 7) is 8.10.